The fourth-order valence-electron chi connectivity index (χ4n) is 6.07. The van der Waals surface area contributed by atoms with E-state index in [1.54, 1.807) is 35.2 Å². The number of amides is 2. The zero-order valence-corrected chi connectivity index (χ0v) is 29.4. The van der Waals surface area contributed by atoms with Crippen molar-refractivity contribution >= 4 is 33.7 Å². The van der Waals surface area contributed by atoms with E-state index >= 15 is 0 Å². The van der Waals surface area contributed by atoms with Crippen LogP contribution in [-0.4, -0.2) is 74.3 Å². The van der Waals surface area contributed by atoms with Crippen molar-refractivity contribution in [2.24, 2.45) is 5.92 Å². The number of ketones is 1. The average Bonchev–Trinajstić information content (AvgIpc) is 3.53. The van der Waals surface area contributed by atoms with Gasteiger partial charge in [0, 0.05) is 31.7 Å². The summed E-state index contributed by atoms with van der Waals surface area (Å²) in [7, 11) is -2.72. The molecule has 12 heteroatoms. The number of methoxy groups -OCH3 is 1. The number of aromatic hydroxyl groups is 1. The Morgan fingerprint density at radius 1 is 0.940 bits per heavy atom. The molecule has 0 aliphatic carbocycles. The van der Waals surface area contributed by atoms with Crippen molar-refractivity contribution in [3.05, 3.63) is 95.6 Å². The molecule has 1 aliphatic rings. The molecule has 1 heterocycles. The van der Waals surface area contributed by atoms with Crippen molar-refractivity contribution in [1.29, 1.82) is 0 Å². The minimum Gasteiger partial charge on any atom is -0.508 e. The molecule has 3 aromatic carbocycles. The lowest BCUT2D eigenvalue weighted by atomic mass is 9.89. The Morgan fingerprint density at radius 2 is 1.66 bits per heavy atom. The van der Waals surface area contributed by atoms with Crippen LogP contribution in [0, 0.1) is 12.8 Å². The number of nitrogens with one attached hydrogen (secondary N) is 1. The molecule has 2 N–H and O–H groups in total. The first kappa shape index (κ1) is 38.3. The number of hydrogen-bond donors (Lipinski definition) is 2. The van der Waals surface area contributed by atoms with Gasteiger partial charge < -0.3 is 20.1 Å². The fourth-order valence-corrected chi connectivity index (χ4v) is 7.01. The molecule has 4 rings (SSSR count). The topological polar surface area (TPSA) is 156 Å². The van der Waals surface area contributed by atoms with Crippen LogP contribution in [0.1, 0.15) is 61.6 Å². The van der Waals surface area contributed by atoms with Gasteiger partial charge in [0.25, 0.3) is 10.1 Å². The Morgan fingerprint density at radius 3 is 2.32 bits per heavy atom. The molecule has 0 unspecified atom stereocenters. The van der Waals surface area contributed by atoms with Crippen molar-refractivity contribution in [1.82, 2.24) is 10.2 Å². The van der Waals surface area contributed by atoms with E-state index in [-0.39, 0.29) is 48.2 Å². The van der Waals surface area contributed by atoms with E-state index in [1.165, 1.54) is 25.3 Å². The SMILES string of the molecule is COC(=O)[C@H](CCCCOS(=O)(=O)c1ccc(C)cc1)NC(=O)[C@H](CCc1ccccc1)CC(=O)[C@H](Cc1cccc(O)c1)N1CCCC1=O. The van der Waals surface area contributed by atoms with E-state index in [1.807, 2.05) is 37.3 Å². The summed E-state index contributed by atoms with van der Waals surface area (Å²) in [6.45, 7) is 2.17. The molecule has 2 amide bonds. The molecular formula is C38H46N2O9S. The maximum atomic E-state index is 14.0. The number of phenolic OH excluding ortho intramolecular Hbond substituents is 1. The van der Waals surface area contributed by atoms with Crippen molar-refractivity contribution in [2.45, 2.75) is 81.7 Å². The normalized spacial score (nSPS) is 14.9. The molecule has 50 heavy (non-hydrogen) atoms. The lowest BCUT2D eigenvalue weighted by molar-refractivity contribution is -0.146. The van der Waals surface area contributed by atoms with E-state index in [2.05, 4.69) is 5.32 Å². The Kier molecular flexibility index (Phi) is 14.1. The highest BCUT2D eigenvalue weighted by molar-refractivity contribution is 7.86. The molecule has 1 saturated heterocycles. The van der Waals surface area contributed by atoms with Crippen molar-refractivity contribution in [3.63, 3.8) is 0 Å². The molecule has 0 bridgehead atoms. The van der Waals surface area contributed by atoms with Crippen LogP contribution in [0.5, 0.6) is 5.75 Å². The third-order valence-electron chi connectivity index (χ3n) is 8.88. The van der Waals surface area contributed by atoms with Gasteiger partial charge in [0.2, 0.25) is 11.8 Å². The number of unbranched alkanes of at least 4 members (excludes halogenated alkanes) is 1. The highest BCUT2D eigenvalue weighted by Gasteiger charge is 2.36. The Bertz CT molecular complexity index is 1710. The number of aryl methyl sites for hydroxylation is 2. The van der Waals surface area contributed by atoms with Crippen LogP contribution >= 0.6 is 0 Å². The lowest BCUT2D eigenvalue weighted by Gasteiger charge is -2.29. The Balaban J connectivity index is 1.44. The van der Waals surface area contributed by atoms with E-state index in [4.69, 9.17) is 8.92 Å². The largest absolute Gasteiger partial charge is 0.508 e. The number of esters is 1. The van der Waals surface area contributed by atoms with Crippen LogP contribution in [0.2, 0.25) is 0 Å². The number of hydrogen-bond acceptors (Lipinski definition) is 9. The molecule has 0 spiro atoms. The summed E-state index contributed by atoms with van der Waals surface area (Å²) in [5, 5.41) is 12.8. The van der Waals surface area contributed by atoms with E-state index in [9.17, 15) is 32.7 Å². The smallest absolute Gasteiger partial charge is 0.328 e. The Hall–Kier alpha value is -4.55. The molecule has 3 aromatic rings. The number of likely N-dealkylation sites (tertiary alicyclic amines) is 1. The molecular weight excluding hydrogens is 660 g/mol. The quantitative estimate of drug-likeness (QED) is 0.103. The fraction of sp³-hybridized carbons (Fsp3) is 0.421. The second kappa shape index (κ2) is 18.4. The van der Waals surface area contributed by atoms with Crippen LogP contribution in [0.25, 0.3) is 0 Å². The molecule has 0 aromatic heterocycles. The van der Waals surface area contributed by atoms with E-state index < -0.39 is 40.0 Å². The van der Waals surface area contributed by atoms with Gasteiger partial charge in [0.15, 0.2) is 5.78 Å². The van der Waals surface area contributed by atoms with Crippen molar-refractivity contribution in [2.75, 3.05) is 20.3 Å². The number of rotatable bonds is 19. The summed E-state index contributed by atoms with van der Waals surface area (Å²) in [4.78, 5) is 55.1. The van der Waals surface area contributed by atoms with Gasteiger partial charge in [-0.1, -0.05) is 60.2 Å². The summed E-state index contributed by atoms with van der Waals surface area (Å²) in [5.41, 5.74) is 2.59. The minimum atomic E-state index is -3.94. The number of phenols is 1. The van der Waals surface area contributed by atoms with Gasteiger partial charge in [-0.15, -0.1) is 0 Å². The first-order chi connectivity index (χ1) is 24.0. The molecule has 1 fully saturated rings. The first-order valence-corrected chi connectivity index (χ1v) is 18.4. The Labute approximate surface area is 294 Å². The van der Waals surface area contributed by atoms with Gasteiger partial charge in [0.05, 0.1) is 24.7 Å². The van der Waals surface area contributed by atoms with Gasteiger partial charge in [-0.3, -0.25) is 18.6 Å². The third-order valence-corrected chi connectivity index (χ3v) is 10.2. The molecule has 1 aliphatic heterocycles. The van der Waals surface area contributed by atoms with Crippen molar-refractivity contribution < 1.29 is 41.6 Å². The predicted octanol–water partition coefficient (Wildman–Crippen LogP) is 4.68. The number of benzene rings is 3. The molecule has 0 saturated carbocycles. The second-order valence-corrected chi connectivity index (χ2v) is 14.3. The summed E-state index contributed by atoms with van der Waals surface area (Å²) >= 11 is 0. The maximum Gasteiger partial charge on any atom is 0.328 e. The summed E-state index contributed by atoms with van der Waals surface area (Å²) in [6.07, 6.45) is 2.62. The van der Waals surface area contributed by atoms with E-state index in [0.717, 1.165) is 11.1 Å². The van der Waals surface area contributed by atoms with Crippen LogP contribution in [-0.2, 0) is 51.1 Å². The second-order valence-electron chi connectivity index (χ2n) is 12.6. The summed E-state index contributed by atoms with van der Waals surface area (Å²) in [6, 6.07) is 20.6. The van der Waals surface area contributed by atoms with Gasteiger partial charge in [-0.2, -0.15) is 8.42 Å². The van der Waals surface area contributed by atoms with Crippen LogP contribution in [0.15, 0.2) is 83.8 Å². The number of Topliss-reactive ketones (excluding diaryl/α,β-unsaturated/α-hetero) is 1. The van der Waals surface area contributed by atoms with Gasteiger partial charge in [-0.05, 0) is 80.8 Å². The van der Waals surface area contributed by atoms with E-state index in [0.29, 0.717) is 50.6 Å². The predicted molar refractivity (Wildman–Crippen MR) is 187 cm³/mol. The van der Waals surface area contributed by atoms with Crippen LogP contribution in [0.3, 0.4) is 0 Å². The number of carbonyl (C=O) groups excluding carboxylic acids is 4. The van der Waals surface area contributed by atoms with Gasteiger partial charge in [0.1, 0.15) is 11.8 Å². The van der Waals surface area contributed by atoms with Crippen LogP contribution < -0.4 is 5.32 Å². The molecule has 268 valence electrons. The third kappa shape index (κ3) is 11.2. The monoisotopic (exact) mass is 706 g/mol. The van der Waals surface area contributed by atoms with Crippen molar-refractivity contribution in [3.8, 4) is 5.75 Å². The summed E-state index contributed by atoms with van der Waals surface area (Å²) in [5.74, 6) is -2.33. The first-order valence-electron chi connectivity index (χ1n) is 16.9. The van der Waals surface area contributed by atoms with Gasteiger partial charge in [-0.25, -0.2) is 4.79 Å². The highest BCUT2D eigenvalue weighted by atomic mass is 32.2. The van der Waals surface area contributed by atoms with Crippen LogP contribution in [0.4, 0.5) is 0 Å². The van der Waals surface area contributed by atoms with Gasteiger partial charge >= 0.3 is 5.97 Å². The lowest BCUT2D eigenvalue weighted by Crippen LogP contribution is -2.47. The average molecular weight is 707 g/mol. The number of carbonyl (C=O) groups is 4. The number of nitrogens with zero attached hydrogens (tertiary/aromatic N) is 1. The molecule has 0 radical (unpaired) electrons. The standard InChI is InChI=1S/C38H46N2O9S/c1-27-16-20-32(21-17-27)50(46,47)49-23-7-6-14-33(38(45)48-2)39-37(44)30(19-18-28-10-4-3-5-11-28)26-35(42)34(40-22-9-15-36(40)43)25-29-12-8-13-31(41)24-29/h3-5,8,10-13,16-17,20-21,24,30,33-34,41H,6-7,9,14-15,18-19,22-23,25-26H2,1-2H3,(H,39,44)/t30-,33+,34+/m1/s1. The zero-order valence-electron chi connectivity index (χ0n) is 28.6. The maximum absolute atomic E-state index is 14.0. The number of ether oxygens (including phenoxy) is 1. The minimum absolute atomic E-state index is 0.0508. The summed E-state index contributed by atoms with van der Waals surface area (Å²) < 4.78 is 35.2. The zero-order chi connectivity index (χ0) is 36.1. The molecule has 3 atom stereocenters. The highest BCUT2D eigenvalue weighted by Crippen LogP contribution is 2.24. The molecule has 11 nitrogen and oxygen atoms in total.